The molecule has 0 aromatic heterocycles. The first-order valence-corrected chi connectivity index (χ1v) is 4.36. The van der Waals surface area contributed by atoms with Crippen molar-refractivity contribution in [2.45, 2.75) is 6.30 Å². The molecule has 0 unspecified atom stereocenters. The van der Waals surface area contributed by atoms with Crippen LogP contribution in [0.3, 0.4) is 0 Å². The lowest BCUT2D eigenvalue weighted by atomic mass is 10.2. The average Bonchev–Trinajstić information content (AvgIpc) is 2.27. The zero-order valence-electron chi connectivity index (χ0n) is 8.59. The van der Waals surface area contributed by atoms with Crippen LogP contribution in [0.1, 0.15) is 10.4 Å². The van der Waals surface area contributed by atoms with Crippen LogP contribution in [0, 0.1) is 0 Å². The molecule has 0 radical (unpaired) electrons. The number of hydrogen-bond donors (Lipinski definition) is 4. The maximum atomic E-state index is 12.6. The molecule has 0 saturated heterocycles. The molecule has 0 aliphatic carbocycles. The predicted molar refractivity (Wildman–Crippen MR) is 50.5 cm³/mol. The molecule has 0 aliphatic heterocycles. The Labute approximate surface area is 98.1 Å². The van der Waals surface area contributed by atoms with E-state index in [-0.39, 0.29) is 5.56 Å². The number of rotatable bonds is 4. The molecule has 0 fully saturated rings. The van der Waals surface area contributed by atoms with Crippen LogP contribution >= 0.6 is 0 Å². The van der Waals surface area contributed by atoms with Crippen LogP contribution in [-0.2, 0) is 0 Å². The Hall–Kier alpha value is -1.88. The number of carboxylic acids is 1. The molecule has 0 bridgehead atoms. The SMILES string of the molecule is O=C(O)c1ccc(N(N(O)NO)C(F)(F)F)cc1. The van der Waals surface area contributed by atoms with Crippen molar-refractivity contribution in [3.05, 3.63) is 29.8 Å². The number of halogens is 3. The molecule has 1 rings (SSSR count). The third-order valence-corrected chi connectivity index (χ3v) is 1.88. The molecule has 100 valence electrons. The normalized spacial score (nSPS) is 11.7. The predicted octanol–water partition coefficient (Wildman–Crippen LogP) is 1.21. The van der Waals surface area contributed by atoms with Crippen LogP contribution in [0.5, 0.6) is 0 Å². The van der Waals surface area contributed by atoms with Gasteiger partial charge in [-0.05, 0) is 24.3 Å². The second-order valence-corrected chi connectivity index (χ2v) is 3.02. The van der Waals surface area contributed by atoms with Gasteiger partial charge in [0.25, 0.3) is 0 Å². The highest BCUT2D eigenvalue weighted by molar-refractivity contribution is 5.88. The number of hydrazine groups is 2. The molecule has 1 aromatic carbocycles. The van der Waals surface area contributed by atoms with Gasteiger partial charge in [0.2, 0.25) is 0 Å². The molecule has 18 heavy (non-hydrogen) atoms. The molecule has 0 saturated carbocycles. The molecular formula is C8H8F3N3O4. The number of anilines is 1. The first-order valence-electron chi connectivity index (χ1n) is 4.36. The first-order chi connectivity index (χ1) is 8.27. The molecule has 4 N–H and O–H groups in total. The quantitative estimate of drug-likeness (QED) is 0.481. The van der Waals surface area contributed by atoms with Gasteiger partial charge < -0.3 is 5.11 Å². The van der Waals surface area contributed by atoms with Gasteiger partial charge in [-0.25, -0.2) is 4.79 Å². The number of nitrogens with one attached hydrogen (secondary N) is 1. The maximum Gasteiger partial charge on any atom is 0.502 e. The van der Waals surface area contributed by atoms with Crippen molar-refractivity contribution in [1.82, 2.24) is 10.9 Å². The molecular weight excluding hydrogens is 259 g/mol. The Morgan fingerprint density at radius 1 is 1.22 bits per heavy atom. The summed E-state index contributed by atoms with van der Waals surface area (Å²) in [5.41, 5.74) is 0.0654. The smallest absolute Gasteiger partial charge is 0.478 e. The van der Waals surface area contributed by atoms with Crippen LogP contribution in [0.4, 0.5) is 18.9 Å². The standard InChI is InChI=1S/C8H8F3N3O4/c9-8(10,11)13(14(18)12-17)6-3-1-5(2-4-6)7(15)16/h1-4,12,17-18H,(H,15,16). The van der Waals surface area contributed by atoms with Crippen molar-refractivity contribution in [2.24, 2.45) is 0 Å². The highest BCUT2D eigenvalue weighted by atomic mass is 19.4. The van der Waals surface area contributed by atoms with Gasteiger partial charge in [0, 0.05) is 5.28 Å². The Bertz CT molecular complexity index is 423. The Morgan fingerprint density at radius 2 is 1.72 bits per heavy atom. The molecule has 0 atom stereocenters. The lowest BCUT2D eigenvalue weighted by Crippen LogP contribution is -2.54. The molecule has 10 heteroatoms. The fourth-order valence-corrected chi connectivity index (χ4v) is 1.15. The van der Waals surface area contributed by atoms with E-state index in [1.807, 2.05) is 0 Å². The monoisotopic (exact) mass is 267 g/mol. The molecule has 0 aliphatic rings. The van der Waals surface area contributed by atoms with E-state index in [0.717, 1.165) is 29.9 Å². The lowest BCUT2D eigenvalue weighted by molar-refractivity contribution is -0.286. The van der Waals surface area contributed by atoms with Crippen LogP contribution in [0.15, 0.2) is 24.3 Å². The number of carboxylic acid groups (broad SMARTS) is 1. The van der Waals surface area contributed by atoms with Gasteiger partial charge in [-0.2, -0.15) is 5.01 Å². The minimum atomic E-state index is -5.03. The maximum absolute atomic E-state index is 12.6. The van der Waals surface area contributed by atoms with E-state index in [1.165, 1.54) is 0 Å². The minimum absolute atomic E-state index is 0.220. The number of aromatic carboxylic acids is 1. The van der Waals surface area contributed by atoms with Crippen molar-refractivity contribution in [3.63, 3.8) is 0 Å². The molecule has 0 heterocycles. The van der Waals surface area contributed by atoms with Crippen LogP contribution in [-0.4, -0.2) is 33.1 Å². The lowest BCUT2D eigenvalue weighted by Gasteiger charge is -2.30. The third kappa shape index (κ3) is 3.07. The molecule has 0 amide bonds. The van der Waals surface area contributed by atoms with Crippen molar-refractivity contribution in [1.29, 1.82) is 0 Å². The summed E-state index contributed by atoms with van der Waals surface area (Å²) in [6.07, 6.45) is -5.03. The van der Waals surface area contributed by atoms with E-state index < -0.39 is 28.2 Å². The topological polar surface area (TPSA) is 96.3 Å². The Morgan fingerprint density at radius 3 is 2.06 bits per heavy atom. The van der Waals surface area contributed by atoms with Crippen LogP contribution in [0.2, 0.25) is 0 Å². The summed E-state index contributed by atoms with van der Waals surface area (Å²) in [4.78, 5) is 10.5. The largest absolute Gasteiger partial charge is 0.502 e. The van der Waals surface area contributed by atoms with Crippen molar-refractivity contribution in [3.8, 4) is 0 Å². The fourth-order valence-electron chi connectivity index (χ4n) is 1.15. The third-order valence-electron chi connectivity index (χ3n) is 1.88. The average molecular weight is 267 g/mol. The van der Waals surface area contributed by atoms with Crippen molar-refractivity contribution < 1.29 is 33.5 Å². The zero-order chi connectivity index (χ0) is 13.9. The van der Waals surface area contributed by atoms with Gasteiger partial charge in [-0.3, -0.25) is 10.4 Å². The number of alkyl halides is 3. The van der Waals surface area contributed by atoms with Gasteiger partial charge in [0.05, 0.1) is 11.3 Å². The highest BCUT2D eigenvalue weighted by Crippen LogP contribution is 2.29. The van der Waals surface area contributed by atoms with Crippen LogP contribution in [0.25, 0.3) is 0 Å². The van der Waals surface area contributed by atoms with Gasteiger partial charge >= 0.3 is 12.3 Å². The second-order valence-electron chi connectivity index (χ2n) is 3.02. The molecule has 7 nitrogen and oxygen atoms in total. The van der Waals surface area contributed by atoms with E-state index in [2.05, 4.69) is 0 Å². The van der Waals surface area contributed by atoms with E-state index in [4.69, 9.17) is 15.5 Å². The van der Waals surface area contributed by atoms with Gasteiger partial charge in [0.1, 0.15) is 0 Å². The van der Waals surface area contributed by atoms with E-state index in [9.17, 15) is 18.0 Å². The number of nitrogens with zero attached hydrogens (tertiary/aromatic N) is 2. The van der Waals surface area contributed by atoms with E-state index in [0.29, 0.717) is 0 Å². The summed E-state index contributed by atoms with van der Waals surface area (Å²) in [7, 11) is 0. The number of hydrogen-bond acceptors (Lipinski definition) is 6. The van der Waals surface area contributed by atoms with Gasteiger partial charge in [-0.15, -0.1) is 13.2 Å². The van der Waals surface area contributed by atoms with Crippen LogP contribution < -0.4 is 10.6 Å². The summed E-state index contributed by atoms with van der Waals surface area (Å²) >= 11 is 0. The Balaban J connectivity index is 3.10. The van der Waals surface area contributed by atoms with Crippen molar-refractivity contribution in [2.75, 3.05) is 5.01 Å². The summed E-state index contributed by atoms with van der Waals surface area (Å²) in [5, 5.41) is 24.4. The first kappa shape index (κ1) is 14.2. The summed E-state index contributed by atoms with van der Waals surface area (Å²) < 4.78 is 37.7. The number of carbonyl (C=O) groups is 1. The molecule has 0 spiro atoms. The second kappa shape index (κ2) is 5.18. The number of benzene rings is 1. The fraction of sp³-hybridized carbons (Fsp3) is 0.125. The minimum Gasteiger partial charge on any atom is -0.478 e. The zero-order valence-corrected chi connectivity index (χ0v) is 8.59. The Kier molecular flexibility index (Phi) is 4.08. The summed E-state index contributed by atoms with van der Waals surface area (Å²) in [6, 6.07) is 3.47. The summed E-state index contributed by atoms with van der Waals surface area (Å²) in [6.45, 7) is 0. The van der Waals surface area contributed by atoms with Gasteiger partial charge in [-0.1, -0.05) is 5.59 Å². The van der Waals surface area contributed by atoms with E-state index in [1.54, 1.807) is 0 Å². The highest BCUT2D eigenvalue weighted by Gasteiger charge is 2.42. The molecule has 1 aromatic rings. The summed E-state index contributed by atoms with van der Waals surface area (Å²) in [5.74, 6) is -1.30. The van der Waals surface area contributed by atoms with E-state index >= 15 is 0 Å². The van der Waals surface area contributed by atoms with Crippen molar-refractivity contribution >= 4 is 11.7 Å². The van der Waals surface area contributed by atoms with Gasteiger partial charge in [0.15, 0.2) is 0 Å².